The van der Waals surface area contributed by atoms with Gasteiger partial charge in [0.05, 0.1) is 0 Å². The molecule has 2 nitrogen and oxygen atoms in total. The van der Waals surface area contributed by atoms with Gasteiger partial charge < -0.3 is 0 Å². The Morgan fingerprint density at radius 2 is 1.92 bits per heavy atom. The zero-order chi connectivity index (χ0) is 8.10. The third-order valence-corrected chi connectivity index (χ3v) is 6.55. The summed E-state index contributed by atoms with van der Waals surface area (Å²) in [5.41, 5.74) is 0. The van der Waals surface area contributed by atoms with E-state index in [9.17, 15) is 4.79 Å². The van der Waals surface area contributed by atoms with E-state index in [4.69, 9.17) is 2.64 Å². The van der Waals surface area contributed by atoms with E-state index in [0.29, 0.717) is 0 Å². The third-order valence-electron chi connectivity index (χ3n) is 1.28. The molecule has 0 saturated heterocycles. The van der Waals surface area contributed by atoms with Gasteiger partial charge in [-0.1, -0.05) is 0 Å². The molecular weight excluding hydrogens is 336 g/mol. The van der Waals surface area contributed by atoms with Crippen molar-refractivity contribution in [3.8, 4) is 0 Å². The van der Waals surface area contributed by atoms with E-state index >= 15 is 0 Å². The van der Waals surface area contributed by atoms with Crippen LogP contribution in [-0.2, 0) is 32.5 Å². The van der Waals surface area contributed by atoms with Gasteiger partial charge in [-0.2, -0.15) is 0 Å². The molecule has 0 spiro atoms. The summed E-state index contributed by atoms with van der Waals surface area (Å²) in [6.45, 7) is 1.46. The summed E-state index contributed by atoms with van der Waals surface area (Å²) in [7, 11) is 0. The molecule has 0 aliphatic carbocycles. The van der Waals surface area contributed by atoms with Crippen molar-refractivity contribution >= 4 is 27.9 Å². The second-order valence-electron chi connectivity index (χ2n) is 2.27. The molecule has 1 aromatic rings. The fourth-order valence-corrected chi connectivity index (χ4v) is 4.00. The van der Waals surface area contributed by atoms with Crippen LogP contribution >= 0.6 is 0 Å². The number of benzene rings is 1. The molecule has 0 aliphatic rings. The standard InChI is InChI=1S/C6H5.C2H4O2.Hg.Li.H/c1-2-4-6-5-3-1;1-2(3)4;;;/h1-5H;1H3,(H,3,4);;;/q;;+1;;/p-1. The molecule has 0 amide bonds. The molecule has 0 bridgehead atoms. The van der Waals surface area contributed by atoms with Gasteiger partial charge in [-0.25, -0.2) is 0 Å². The van der Waals surface area contributed by atoms with Crippen molar-refractivity contribution in [2.24, 2.45) is 0 Å². The third kappa shape index (κ3) is 4.97. The van der Waals surface area contributed by atoms with E-state index in [0.717, 1.165) is 0 Å². The van der Waals surface area contributed by atoms with Gasteiger partial charge in [0.1, 0.15) is 0 Å². The van der Waals surface area contributed by atoms with Crippen molar-refractivity contribution in [2.75, 3.05) is 0 Å². The van der Waals surface area contributed by atoms with Crippen molar-refractivity contribution in [2.45, 2.75) is 6.92 Å². The fraction of sp³-hybridized carbons (Fsp3) is 0.125. The molecule has 0 heterocycles. The van der Waals surface area contributed by atoms with Crippen LogP contribution in [0.4, 0.5) is 0 Å². The molecule has 56 valence electrons. The molecule has 0 fully saturated rings. The van der Waals surface area contributed by atoms with Gasteiger partial charge in [0.15, 0.2) is 0 Å². The van der Waals surface area contributed by atoms with E-state index in [-0.39, 0.29) is 24.8 Å². The first-order valence-corrected chi connectivity index (χ1v) is 8.45. The normalized spacial score (nSPS) is 7.75. The molecule has 0 aliphatic heterocycles. The average molecular weight is 345 g/mol. The first kappa shape index (κ1) is 12.2. The monoisotopic (exact) mass is 346 g/mol. The number of carbonyl (C=O) groups is 1. The zero-order valence-electron chi connectivity index (χ0n) is 6.41. The van der Waals surface area contributed by atoms with Crippen molar-refractivity contribution in [3.05, 3.63) is 30.3 Å². The molecule has 12 heavy (non-hydrogen) atoms. The number of rotatable bonds is 2. The first-order chi connectivity index (χ1) is 5.29. The Bertz CT molecular complexity index is 238. The Kier molecular flexibility index (Phi) is 6.83. The molecule has 1 aromatic carbocycles. The fourth-order valence-electron chi connectivity index (χ4n) is 0.759. The summed E-state index contributed by atoms with van der Waals surface area (Å²) in [5.74, 6) is -0.143. The van der Waals surface area contributed by atoms with Crippen LogP contribution in [0.25, 0.3) is 0 Å². The molecule has 0 atom stereocenters. The quantitative estimate of drug-likeness (QED) is 0.718. The van der Waals surface area contributed by atoms with Gasteiger partial charge in [0, 0.05) is 0 Å². The molecule has 0 aromatic heterocycles. The van der Waals surface area contributed by atoms with Crippen LogP contribution in [-0.4, -0.2) is 24.8 Å². The van der Waals surface area contributed by atoms with E-state index in [2.05, 4.69) is 0 Å². The van der Waals surface area contributed by atoms with Crippen LogP contribution in [0.1, 0.15) is 6.92 Å². The average Bonchev–Trinajstić information content (AvgIpc) is 2.03. The van der Waals surface area contributed by atoms with Gasteiger partial charge in [-0.15, -0.1) is 0 Å². The minimum absolute atomic E-state index is 0. The molecule has 0 radical (unpaired) electrons. The summed E-state index contributed by atoms with van der Waals surface area (Å²) in [5, 5.41) is 0. The van der Waals surface area contributed by atoms with E-state index in [1.807, 2.05) is 30.3 Å². The van der Waals surface area contributed by atoms with Crippen molar-refractivity contribution in [3.63, 3.8) is 0 Å². The second-order valence-corrected chi connectivity index (χ2v) is 7.68. The summed E-state index contributed by atoms with van der Waals surface area (Å²) >= 11 is -1.52. The van der Waals surface area contributed by atoms with Gasteiger partial charge >= 0.3 is 97.6 Å². The predicted octanol–water partition coefficient (Wildman–Crippen LogP) is 0.224. The molecule has 1 rings (SSSR count). The second kappa shape index (κ2) is 6.71. The van der Waals surface area contributed by atoms with Crippen molar-refractivity contribution < 1.29 is 32.5 Å². The summed E-state index contributed by atoms with van der Waals surface area (Å²) < 4.78 is 6.25. The predicted molar refractivity (Wildman–Crippen MR) is 45.0 cm³/mol. The molecule has 0 unspecified atom stereocenters. The van der Waals surface area contributed by atoms with Crippen molar-refractivity contribution in [1.82, 2.24) is 0 Å². The van der Waals surface area contributed by atoms with Gasteiger partial charge in [-0.05, 0) is 0 Å². The Labute approximate surface area is 97.0 Å². The zero-order valence-corrected chi connectivity index (χ0v) is 11.9. The Morgan fingerprint density at radius 3 is 2.42 bits per heavy atom. The Morgan fingerprint density at radius 1 is 1.33 bits per heavy atom. The summed E-state index contributed by atoms with van der Waals surface area (Å²) in [6.07, 6.45) is 0. The maximum absolute atomic E-state index is 10.5. The van der Waals surface area contributed by atoms with E-state index in [1.54, 1.807) is 0 Å². The summed E-state index contributed by atoms with van der Waals surface area (Å²) in [6, 6.07) is 9.94. The SMILES string of the molecule is CC(=O)[O][Hg][c]1ccccc1.[LiH]. The number of hydrogen-bond acceptors (Lipinski definition) is 2. The van der Waals surface area contributed by atoms with E-state index < -0.39 is 25.0 Å². The molecule has 0 N–H and O–H groups in total. The van der Waals surface area contributed by atoms with Gasteiger partial charge in [0.2, 0.25) is 0 Å². The number of hydrogen-bond donors (Lipinski definition) is 0. The van der Waals surface area contributed by atoms with Crippen LogP contribution in [0.5, 0.6) is 0 Å². The minimum atomic E-state index is -1.52. The topological polar surface area (TPSA) is 26.3 Å². The van der Waals surface area contributed by atoms with Crippen LogP contribution < -0.4 is 3.07 Å². The first-order valence-electron chi connectivity index (χ1n) is 3.46. The maximum atomic E-state index is 10.5. The van der Waals surface area contributed by atoms with Crippen molar-refractivity contribution in [1.29, 1.82) is 0 Å². The van der Waals surface area contributed by atoms with Crippen LogP contribution in [0.2, 0.25) is 0 Å². The molecular formula is C8H9HgLiO2. The molecule has 0 saturated carbocycles. The summed E-state index contributed by atoms with van der Waals surface area (Å²) in [4.78, 5) is 10.5. The number of carbonyl (C=O) groups excluding carboxylic acids is 1. The molecule has 4 heteroatoms. The van der Waals surface area contributed by atoms with Gasteiger partial charge in [-0.3, -0.25) is 0 Å². The van der Waals surface area contributed by atoms with Crippen LogP contribution in [0, 0.1) is 0 Å². The van der Waals surface area contributed by atoms with E-state index in [1.165, 1.54) is 10.00 Å². The Hall–Kier alpha value is 0.222. The van der Waals surface area contributed by atoms with Gasteiger partial charge in [0.25, 0.3) is 0 Å². The van der Waals surface area contributed by atoms with Crippen LogP contribution in [0.15, 0.2) is 30.3 Å². The van der Waals surface area contributed by atoms with Crippen LogP contribution in [0.3, 0.4) is 0 Å². The Balaban J connectivity index is 0.00000121.